The van der Waals surface area contributed by atoms with Crippen molar-refractivity contribution in [2.24, 2.45) is 0 Å². The van der Waals surface area contributed by atoms with E-state index in [-0.39, 0.29) is 27.3 Å². The number of rotatable bonds is 5. The van der Waals surface area contributed by atoms with Crippen LogP contribution in [0.5, 0.6) is 0 Å². The lowest BCUT2D eigenvalue weighted by Gasteiger charge is -2.10. The largest absolute Gasteiger partial charge is 0.442 e. The molecular formula is C21H18N4O5S. The molecule has 2 heterocycles. The van der Waals surface area contributed by atoms with Crippen LogP contribution in [-0.2, 0) is 10.0 Å². The first-order valence-electron chi connectivity index (χ1n) is 9.22. The second-order valence-corrected chi connectivity index (χ2v) is 8.58. The number of aromatic amines is 1. The molecule has 4 rings (SSSR count). The van der Waals surface area contributed by atoms with E-state index in [0.717, 1.165) is 5.56 Å². The van der Waals surface area contributed by atoms with E-state index in [2.05, 4.69) is 20.0 Å². The van der Waals surface area contributed by atoms with E-state index >= 15 is 0 Å². The molecule has 10 heteroatoms. The Kier molecular flexibility index (Phi) is 5.07. The number of aromatic nitrogens is 2. The van der Waals surface area contributed by atoms with Crippen LogP contribution < -0.4 is 15.6 Å². The van der Waals surface area contributed by atoms with Crippen LogP contribution in [0.1, 0.15) is 21.7 Å². The predicted octanol–water partition coefficient (Wildman–Crippen LogP) is 3.19. The summed E-state index contributed by atoms with van der Waals surface area (Å²) >= 11 is 0. The minimum absolute atomic E-state index is 0.0694. The van der Waals surface area contributed by atoms with Crippen molar-refractivity contribution in [1.82, 2.24) is 9.97 Å². The van der Waals surface area contributed by atoms with Gasteiger partial charge in [0.1, 0.15) is 11.1 Å². The number of hydrogen-bond donors (Lipinski definition) is 3. The van der Waals surface area contributed by atoms with Gasteiger partial charge in [-0.25, -0.2) is 13.4 Å². The van der Waals surface area contributed by atoms with Crippen molar-refractivity contribution in [1.29, 1.82) is 0 Å². The lowest BCUT2D eigenvalue weighted by atomic mass is 10.1. The molecule has 0 unspecified atom stereocenters. The molecule has 0 saturated heterocycles. The topological polar surface area (TPSA) is 134 Å². The Balaban J connectivity index is 1.53. The van der Waals surface area contributed by atoms with Gasteiger partial charge in [-0.2, -0.15) is 0 Å². The van der Waals surface area contributed by atoms with Gasteiger partial charge in [-0.1, -0.05) is 17.7 Å². The number of nitrogens with one attached hydrogen (secondary N) is 3. The summed E-state index contributed by atoms with van der Waals surface area (Å²) in [7, 11) is -3.73. The Labute approximate surface area is 177 Å². The quantitative estimate of drug-likeness (QED) is 0.438. The Morgan fingerprint density at radius 2 is 1.65 bits per heavy atom. The van der Waals surface area contributed by atoms with Crippen LogP contribution in [0.25, 0.3) is 11.1 Å². The van der Waals surface area contributed by atoms with Gasteiger partial charge in [0.2, 0.25) is 5.71 Å². The highest BCUT2D eigenvalue weighted by atomic mass is 32.2. The fourth-order valence-electron chi connectivity index (χ4n) is 3.07. The monoisotopic (exact) mass is 438 g/mol. The van der Waals surface area contributed by atoms with Crippen LogP contribution in [0.15, 0.2) is 69.0 Å². The summed E-state index contributed by atoms with van der Waals surface area (Å²) in [6, 6.07) is 12.6. The summed E-state index contributed by atoms with van der Waals surface area (Å²) in [6.45, 7) is 3.44. The van der Waals surface area contributed by atoms with E-state index < -0.39 is 21.5 Å². The zero-order valence-electron chi connectivity index (χ0n) is 16.6. The van der Waals surface area contributed by atoms with E-state index in [1.165, 1.54) is 30.6 Å². The Morgan fingerprint density at radius 3 is 2.32 bits per heavy atom. The maximum atomic E-state index is 12.7. The first-order valence-corrected chi connectivity index (χ1v) is 10.7. The van der Waals surface area contributed by atoms with E-state index in [1.54, 1.807) is 31.2 Å². The van der Waals surface area contributed by atoms with Crippen molar-refractivity contribution >= 4 is 38.4 Å². The highest BCUT2D eigenvalue weighted by Crippen LogP contribution is 2.23. The molecule has 158 valence electrons. The fraction of sp³-hybridized carbons (Fsp3) is 0.0952. The molecule has 0 aliphatic heterocycles. The number of nitrogens with zero attached hydrogens (tertiary/aromatic N) is 1. The minimum atomic E-state index is -3.73. The van der Waals surface area contributed by atoms with Crippen LogP contribution in [0.2, 0.25) is 0 Å². The Morgan fingerprint density at radius 1 is 1.00 bits per heavy atom. The highest BCUT2D eigenvalue weighted by molar-refractivity contribution is 7.92. The van der Waals surface area contributed by atoms with Gasteiger partial charge in [0.15, 0.2) is 0 Å². The molecule has 0 aliphatic rings. The number of sulfonamides is 1. The molecule has 9 nitrogen and oxygen atoms in total. The molecular weight excluding hydrogens is 420 g/mol. The molecule has 3 N–H and O–H groups in total. The minimum Gasteiger partial charge on any atom is -0.442 e. The summed E-state index contributed by atoms with van der Waals surface area (Å²) < 4.78 is 32.9. The third-order valence-corrected chi connectivity index (χ3v) is 6.02. The van der Waals surface area contributed by atoms with Gasteiger partial charge in [-0.15, -0.1) is 0 Å². The lowest BCUT2D eigenvalue weighted by molar-refractivity contribution is 0.102. The number of furan rings is 1. The van der Waals surface area contributed by atoms with Gasteiger partial charge in [0, 0.05) is 11.4 Å². The predicted molar refractivity (Wildman–Crippen MR) is 116 cm³/mol. The molecule has 0 radical (unpaired) electrons. The van der Waals surface area contributed by atoms with Crippen molar-refractivity contribution in [2.75, 3.05) is 10.0 Å². The van der Waals surface area contributed by atoms with Gasteiger partial charge in [-0.3, -0.25) is 14.3 Å². The number of carbonyl (C=O) groups excluding carboxylic acids is 1. The molecule has 2 aromatic carbocycles. The molecule has 0 aliphatic carbocycles. The first kappa shape index (κ1) is 20.4. The molecule has 0 fully saturated rings. The van der Waals surface area contributed by atoms with Crippen LogP contribution in [0.4, 0.5) is 11.4 Å². The average Bonchev–Trinajstić information content (AvgIpc) is 3.07. The molecule has 2 aromatic heterocycles. The molecule has 0 saturated carbocycles. The van der Waals surface area contributed by atoms with Crippen molar-refractivity contribution in [3.05, 3.63) is 82.1 Å². The molecule has 0 bridgehead atoms. The lowest BCUT2D eigenvalue weighted by Crippen LogP contribution is -2.16. The molecule has 0 atom stereocenters. The number of carbonyl (C=O) groups is 1. The van der Waals surface area contributed by atoms with E-state index in [9.17, 15) is 18.0 Å². The van der Waals surface area contributed by atoms with Crippen LogP contribution in [-0.4, -0.2) is 24.3 Å². The van der Waals surface area contributed by atoms with Crippen LogP contribution >= 0.6 is 0 Å². The fourth-order valence-corrected chi connectivity index (χ4v) is 4.13. The van der Waals surface area contributed by atoms with E-state index in [1.807, 2.05) is 6.92 Å². The highest BCUT2D eigenvalue weighted by Gasteiger charge is 2.22. The second kappa shape index (κ2) is 7.73. The van der Waals surface area contributed by atoms with Gasteiger partial charge in [0.05, 0.1) is 16.8 Å². The maximum Gasteiger partial charge on any atom is 0.262 e. The third kappa shape index (κ3) is 4.05. The van der Waals surface area contributed by atoms with Crippen molar-refractivity contribution in [2.45, 2.75) is 18.7 Å². The zero-order chi connectivity index (χ0) is 22.2. The smallest absolute Gasteiger partial charge is 0.262 e. The first-order chi connectivity index (χ1) is 14.7. The molecule has 1 amide bonds. The number of anilines is 2. The molecule has 4 aromatic rings. The zero-order valence-corrected chi connectivity index (χ0v) is 17.4. The van der Waals surface area contributed by atoms with Crippen molar-refractivity contribution < 1.29 is 17.6 Å². The SMILES string of the molecule is Cc1ccc(S(=O)(=O)Nc2ccc(NC(=O)c3c(C)oc4nc[nH]c(=O)c34)cc2)cc1. The van der Waals surface area contributed by atoms with E-state index in [4.69, 9.17) is 4.42 Å². The number of benzene rings is 2. The standard InChI is InChI=1S/C21H18N4O5S/c1-12-3-9-16(10-4-12)31(28,29)25-15-7-5-14(6-8-15)24-20(27)17-13(2)30-21-18(17)19(26)22-11-23-21/h3-11,25H,1-2H3,(H,24,27)(H,22,23,26). The maximum absolute atomic E-state index is 12.7. The summed E-state index contributed by atoms with van der Waals surface area (Å²) in [5.41, 5.74) is 1.40. The van der Waals surface area contributed by atoms with Gasteiger partial charge in [-0.05, 0) is 50.2 Å². The summed E-state index contributed by atoms with van der Waals surface area (Å²) in [5, 5.41) is 2.75. The van der Waals surface area contributed by atoms with Crippen molar-refractivity contribution in [3.8, 4) is 0 Å². The second-order valence-electron chi connectivity index (χ2n) is 6.90. The Bertz CT molecular complexity index is 1440. The van der Waals surface area contributed by atoms with Crippen LogP contribution in [0, 0.1) is 13.8 Å². The number of H-pyrrole nitrogens is 1. The van der Waals surface area contributed by atoms with Crippen molar-refractivity contribution in [3.63, 3.8) is 0 Å². The van der Waals surface area contributed by atoms with Crippen LogP contribution in [0.3, 0.4) is 0 Å². The number of hydrogen-bond acceptors (Lipinski definition) is 6. The molecule has 0 spiro atoms. The van der Waals surface area contributed by atoms with Gasteiger partial charge in [0.25, 0.3) is 21.5 Å². The van der Waals surface area contributed by atoms with Gasteiger partial charge >= 0.3 is 0 Å². The van der Waals surface area contributed by atoms with E-state index in [0.29, 0.717) is 11.4 Å². The Hall–Kier alpha value is -3.92. The molecule has 31 heavy (non-hydrogen) atoms. The van der Waals surface area contributed by atoms with Gasteiger partial charge < -0.3 is 14.7 Å². The third-order valence-electron chi connectivity index (χ3n) is 4.62. The summed E-state index contributed by atoms with van der Waals surface area (Å²) in [5.74, 6) is -0.276. The number of fused-ring (bicyclic) bond motifs is 1. The number of aryl methyl sites for hydroxylation is 2. The summed E-state index contributed by atoms with van der Waals surface area (Å²) in [4.78, 5) is 31.3. The summed E-state index contributed by atoms with van der Waals surface area (Å²) in [6.07, 6.45) is 1.20. The normalized spacial score (nSPS) is 11.4. The number of amides is 1. The average molecular weight is 438 g/mol.